The van der Waals surface area contributed by atoms with E-state index >= 15 is 0 Å². The maximum atomic E-state index is 12.3. The molecule has 0 spiro atoms. The van der Waals surface area contributed by atoms with Crippen LogP contribution in [0.3, 0.4) is 0 Å². The first-order chi connectivity index (χ1) is 14.0. The lowest BCUT2D eigenvalue weighted by molar-refractivity contribution is -0.129. The zero-order valence-electron chi connectivity index (χ0n) is 16.5. The normalized spacial score (nSPS) is 14.6. The summed E-state index contributed by atoms with van der Waals surface area (Å²) < 4.78 is 23.5. The summed E-state index contributed by atoms with van der Waals surface area (Å²) in [6.07, 6.45) is 1.68. The Morgan fingerprint density at radius 1 is 0.966 bits per heavy atom. The minimum Gasteiger partial charge on any atom is -0.490 e. The van der Waals surface area contributed by atoms with Gasteiger partial charge in [-0.1, -0.05) is 28.1 Å². The van der Waals surface area contributed by atoms with E-state index in [1.807, 2.05) is 45.0 Å². The summed E-state index contributed by atoms with van der Waals surface area (Å²) in [7, 11) is 0. The van der Waals surface area contributed by atoms with Gasteiger partial charge in [-0.3, -0.25) is 0 Å². The van der Waals surface area contributed by atoms with Crippen molar-refractivity contribution in [3.05, 3.63) is 57.7 Å². The molecular formula is C22H22BrNO5. The molecule has 0 fully saturated rings. The second-order valence-corrected chi connectivity index (χ2v) is 6.90. The fraction of sp³-hybridized carbons (Fsp3) is 0.273. The number of cyclic esters (lactones) is 1. The molecule has 0 saturated carbocycles. The quantitative estimate of drug-likeness (QED) is 0.410. The van der Waals surface area contributed by atoms with Crippen LogP contribution in [-0.4, -0.2) is 31.7 Å². The van der Waals surface area contributed by atoms with Crippen molar-refractivity contribution < 1.29 is 23.7 Å². The number of nitrogens with zero attached hydrogens (tertiary/aromatic N) is 1. The summed E-state index contributed by atoms with van der Waals surface area (Å²) in [6.45, 7) is 7.03. The van der Waals surface area contributed by atoms with Crippen molar-refractivity contribution in [3.63, 3.8) is 0 Å². The smallest absolute Gasteiger partial charge is 0.363 e. The Hall–Kier alpha value is -2.80. The number of hydrogen-bond acceptors (Lipinski definition) is 6. The van der Waals surface area contributed by atoms with Crippen LogP contribution in [0.1, 0.15) is 31.9 Å². The second kappa shape index (κ2) is 9.60. The summed E-state index contributed by atoms with van der Waals surface area (Å²) in [5, 5.41) is 0. The Morgan fingerprint density at radius 3 is 2.10 bits per heavy atom. The predicted molar refractivity (Wildman–Crippen MR) is 115 cm³/mol. The van der Waals surface area contributed by atoms with Crippen molar-refractivity contribution >= 4 is 33.9 Å². The average Bonchev–Trinajstić information content (AvgIpc) is 3.07. The molecule has 0 aromatic heterocycles. The predicted octanol–water partition coefficient (Wildman–Crippen LogP) is 4.99. The number of ether oxygens (including phenoxy) is 4. The van der Waals surface area contributed by atoms with Crippen molar-refractivity contribution in [1.82, 2.24) is 0 Å². The summed E-state index contributed by atoms with van der Waals surface area (Å²) in [5.41, 5.74) is 1.65. The van der Waals surface area contributed by atoms with E-state index in [1.165, 1.54) is 0 Å². The number of rotatable bonds is 8. The van der Waals surface area contributed by atoms with E-state index in [-0.39, 0.29) is 11.6 Å². The molecule has 2 aromatic carbocycles. The molecule has 0 saturated heterocycles. The first-order valence-corrected chi connectivity index (χ1v) is 10.2. The standard InChI is InChI=1S/C22H22BrNO5/c1-4-26-18-12-15(13-19(27-5-2)20(18)28-6-3)21-24-17(22(25)29-21)11-14-7-9-16(23)10-8-14/h7-13H,4-6H2,1-3H3/b17-11+. The number of esters is 1. The van der Waals surface area contributed by atoms with Crippen LogP contribution in [0.25, 0.3) is 6.08 Å². The summed E-state index contributed by atoms with van der Waals surface area (Å²) in [4.78, 5) is 16.7. The second-order valence-electron chi connectivity index (χ2n) is 5.99. The van der Waals surface area contributed by atoms with Gasteiger partial charge in [-0.05, 0) is 56.7 Å². The molecule has 0 aliphatic carbocycles. The monoisotopic (exact) mass is 459 g/mol. The minimum atomic E-state index is -0.507. The third kappa shape index (κ3) is 4.98. The third-order valence-electron chi connectivity index (χ3n) is 3.95. The number of halogens is 1. The minimum absolute atomic E-state index is 0.198. The van der Waals surface area contributed by atoms with Crippen LogP contribution in [0.4, 0.5) is 0 Å². The molecule has 1 heterocycles. The van der Waals surface area contributed by atoms with Crippen molar-refractivity contribution in [2.75, 3.05) is 19.8 Å². The highest BCUT2D eigenvalue weighted by molar-refractivity contribution is 9.10. The molecule has 0 atom stereocenters. The Labute approximate surface area is 178 Å². The van der Waals surface area contributed by atoms with E-state index in [1.54, 1.807) is 18.2 Å². The molecule has 1 aliphatic rings. The van der Waals surface area contributed by atoms with E-state index in [0.29, 0.717) is 42.6 Å². The lowest BCUT2D eigenvalue weighted by atomic mass is 10.1. The van der Waals surface area contributed by atoms with Gasteiger partial charge in [0.25, 0.3) is 0 Å². The first-order valence-electron chi connectivity index (χ1n) is 9.40. The molecule has 2 aromatic rings. The Bertz CT molecular complexity index is 923. The molecule has 0 radical (unpaired) electrons. The fourth-order valence-corrected chi connectivity index (χ4v) is 3.03. The zero-order chi connectivity index (χ0) is 20.8. The van der Waals surface area contributed by atoms with Gasteiger partial charge in [0.15, 0.2) is 17.2 Å². The van der Waals surface area contributed by atoms with Crippen LogP contribution in [0.2, 0.25) is 0 Å². The van der Waals surface area contributed by atoms with E-state index in [9.17, 15) is 4.79 Å². The maximum absolute atomic E-state index is 12.3. The van der Waals surface area contributed by atoms with E-state index in [2.05, 4.69) is 20.9 Å². The molecule has 0 bridgehead atoms. The number of aliphatic imine (C=N–C) groups is 1. The highest BCUT2D eigenvalue weighted by atomic mass is 79.9. The van der Waals surface area contributed by atoms with Crippen molar-refractivity contribution in [2.24, 2.45) is 4.99 Å². The highest BCUT2D eigenvalue weighted by Gasteiger charge is 2.26. The molecule has 1 aliphatic heterocycles. The van der Waals surface area contributed by atoms with E-state index in [4.69, 9.17) is 18.9 Å². The number of carbonyl (C=O) groups is 1. The summed E-state index contributed by atoms with van der Waals surface area (Å²) >= 11 is 3.39. The van der Waals surface area contributed by atoms with E-state index in [0.717, 1.165) is 10.0 Å². The van der Waals surface area contributed by atoms with Crippen LogP contribution in [0.5, 0.6) is 17.2 Å². The Morgan fingerprint density at radius 2 is 1.55 bits per heavy atom. The summed E-state index contributed by atoms with van der Waals surface area (Å²) in [6, 6.07) is 11.0. The fourth-order valence-electron chi connectivity index (χ4n) is 2.76. The van der Waals surface area contributed by atoms with Crippen LogP contribution < -0.4 is 14.2 Å². The van der Waals surface area contributed by atoms with Gasteiger partial charge < -0.3 is 18.9 Å². The van der Waals surface area contributed by atoms with Gasteiger partial charge in [-0.25, -0.2) is 9.79 Å². The SMILES string of the molecule is CCOc1cc(C2=N/C(=C/c3ccc(Br)cc3)C(=O)O2)cc(OCC)c1OCC. The lowest BCUT2D eigenvalue weighted by Gasteiger charge is -2.16. The highest BCUT2D eigenvalue weighted by Crippen LogP contribution is 2.40. The van der Waals surface area contributed by atoms with Crippen molar-refractivity contribution in [3.8, 4) is 17.2 Å². The number of carbonyl (C=O) groups excluding carboxylic acids is 1. The van der Waals surface area contributed by atoms with Gasteiger partial charge in [0.1, 0.15) is 0 Å². The van der Waals surface area contributed by atoms with Gasteiger partial charge >= 0.3 is 5.97 Å². The first kappa shape index (κ1) is 20.9. The Kier molecular flexibility index (Phi) is 6.93. The molecule has 29 heavy (non-hydrogen) atoms. The van der Waals surface area contributed by atoms with Gasteiger partial charge in [-0.15, -0.1) is 0 Å². The number of hydrogen-bond donors (Lipinski definition) is 0. The van der Waals surface area contributed by atoms with Gasteiger partial charge in [0, 0.05) is 10.0 Å². The van der Waals surface area contributed by atoms with Gasteiger partial charge in [-0.2, -0.15) is 0 Å². The molecule has 0 N–H and O–H groups in total. The molecule has 0 amide bonds. The molecule has 7 heteroatoms. The van der Waals surface area contributed by atoms with Crippen molar-refractivity contribution in [1.29, 1.82) is 0 Å². The third-order valence-corrected chi connectivity index (χ3v) is 4.48. The van der Waals surface area contributed by atoms with Crippen LogP contribution >= 0.6 is 15.9 Å². The average molecular weight is 460 g/mol. The van der Waals surface area contributed by atoms with Crippen molar-refractivity contribution in [2.45, 2.75) is 20.8 Å². The molecular weight excluding hydrogens is 438 g/mol. The topological polar surface area (TPSA) is 66.4 Å². The zero-order valence-corrected chi connectivity index (χ0v) is 18.1. The van der Waals surface area contributed by atoms with Gasteiger partial charge in [0.2, 0.25) is 11.6 Å². The van der Waals surface area contributed by atoms with E-state index < -0.39 is 5.97 Å². The molecule has 152 valence electrons. The largest absolute Gasteiger partial charge is 0.490 e. The molecule has 6 nitrogen and oxygen atoms in total. The summed E-state index contributed by atoms with van der Waals surface area (Å²) in [5.74, 6) is 1.24. The molecule has 3 rings (SSSR count). The lowest BCUT2D eigenvalue weighted by Crippen LogP contribution is -2.08. The van der Waals surface area contributed by atoms with Gasteiger partial charge in [0.05, 0.1) is 19.8 Å². The van der Waals surface area contributed by atoms with Crippen LogP contribution in [0, 0.1) is 0 Å². The Balaban J connectivity index is 2.00. The van der Waals surface area contributed by atoms with Crippen LogP contribution in [-0.2, 0) is 9.53 Å². The molecule has 0 unspecified atom stereocenters. The maximum Gasteiger partial charge on any atom is 0.363 e. The number of benzene rings is 2. The van der Waals surface area contributed by atoms with Crippen LogP contribution in [0.15, 0.2) is 51.6 Å².